The lowest BCUT2D eigenvalue weighted by Crippen LogP contribution is -2.15. The molecule has 3 N–H and O–H groups in total. The minimum Gasteiger partial charge on any atom is -0.365 e. The van der Waals surface area contributed by atoms with Gasteiger partial charge in [-0.1, -0.05) is 0 Å². The van der Waals surface area contributed by atoms with Crippen LogP contribution in [0, 0.1) is 13.8 Å². The number of carbonyl (C=O) groups is 1. The Morgan fingerprint density at radius 1 is 1.48 bits per heavy atom. The summed E-state index contributed by atoms with van der Waals surface area (Å²) < 4.78 is 29.0. The molecule has 0 saturated carbocycles. The molecule has 114 valence electrons. The molecular weight excluding hydrogens is 312 g/mol. The number of sulfonamides is 1. The Kier molecular flexibility index (Phi) is 4.06. The molecule has 2 heterocycles. The summed E-state index contributed by atoms with van der Waals surface area (Å²) in [6.07, 6.45) is 0. The minimum atomic E-state index is -3.76. The van der Waals surface area contributed by atoms with Crippen molar-refractivity contribution in [2.24, 2.45) is 5.73 Å². The molecule has 2 aromatic rings. The van der Waals surface area contributed by atoms with E-state index >= 15 is 0 Å². The van der Waals surface area contributed by atoms with Gasteiger partial charge in [0.25, 0.3) is 15.9 Å². The third kappa shape index (κ3) is 2.93. The highest BCUT2D eigenvalue weighted by atomic mass is 32.2. The summed E-state index contributed by atoms with van der Waals surface area (Å²) in [6.45, 7) is 5.84. The van der Waals surface area contributed by atoms with Gasteiger partial charge < -0.3 is 5.73 Å². The monoisotopic (exact) mass is 328 g/mol. The number of carbonyl (C=O) groups excluding carboxylic acids is 1. The number of hydrogen-bond donors (Lipinski definition) is 2. The second-order valence-corrected chi connectivity index (χ2v) is 7.02. The number of nitrogens with two attached hydrogens (primary N) is 1. The molecule has 0 fully saturated rings. The molecule has 0 aliphatic carbocycles. The number of rotatable bonds is 5. The van der Waals surface area contributed by atoms with Crippen LogP contribution in [0.1, 0.15) is 28.0 Å². The number of anilines is 1. The van der Waals surface area contributed by atoms with Gasteiger partial charge >= 0.3 is 0 Å². The number of thiophene rings is 1. The molecule has 0 atom stereocenters. The van der Waals surface area contributed by atoms with Crippen LogP contribution < -0.4 is 10.5 Å². The Labute approximate surface area is 126 Å². The first-order valence-corrected chi connectivity index (χ1v) is 8.57. The second-order valence-electron chi connectivity index (χ2n) is 4.49. The summed E-state index contributed by atoms with van der Waals surface area (Å²) in [5, 5.41) is 5.73. The number of aromatic nitrogens is 2. The highest BCUT2D eigenvalue weighted by Gasteiger charge is 2.24. The largest absolute Gasteiger partial charge is 0.365 e. The van der Waals surface area contributed by atoms with E-state index < -0.39 is 15.9 Å². The van der Waals surface area contributed by atoms with Crippen LogP contribution >= 0.6 is 11.3 Å². The molecule has 21 heavy (non-hydrogen) atoms. The van der Waals surface area contributed by atoms with Gasteiger partial charge in [-0.3, -0.25) is 14.2 Å². The fourth-order valence-corrected chi connectivity index (χ4v) is 4.32. The summed E-state index contributed by atoms with van der Waals surface area (Å²) in [7, 11) is -3.76. The van der Waals surface area contributed by atoms with Crippen LogP contribution in [0.15, 0.2) is 16.3 Å². The molecule has 1 amide bonds. The number of amides is 1. The van der Waals surface area contributed by atoms with Gasteiger partial charge in [-0.25, -0.2) is 8.42 Å². The molecule has 0 aliphatic rings. The van der Waals surface area contributed by atoms with Crippen molar-refractivity contribution in [3.63, 3.8) is 0 Å². The average Bonchev–Trinajstić information content (AvgIpc) is 2.93. The van der Waals surface area contributed by atoms with Gasteiger partial charge in [0.2, 0.25) is 0 Å². The highest BCUT2D eigenvalue weighted by molar-refractivity contribution is 7.92. The molecule has 0 aliphatic heterocycles. The van der Waals surface area contributed by atoms with Crippen LogP contribution in [-0.2, 0) is 16.6 Å². The fourth-order valence-electron chi connectivity index (χ4n) is 2.10. The molecule has 2 rings (SSSR count). The van der Waals surface area contributed by atoms with Crippen LogP contribution in [0.4, 0.5) is 5.69 Å². The predicted octanol–water partition coefficient (Wildman–Crippen LogP) is 1.48. The van der Waals surface area contributed by atoms with Crippen molar-refractivity contribution in [2.75, 3.05) is 4.72 Å². The van der Waals surface area contributed by atoms with Crippen LogP contribution in [0.5, 0.6) is 0 Å². The number of nitrogens with one attached hydrogen (secondary N) is 1. The van der Waals surface area contributed by atoms with Gasteiger partial charge in [-0.2, -0.15) is 5.10 Å². The normalized spacial score (nSPS) is 11.6. The Bertz CT molecular complexity index is 790. The van der Waals surface area contributed by atoms with Crippen molar-refractivity contribution in [1.82, 2.24) is 9.78 Å². The summed E-state index contributed by atoms with van der Waals surface area (Å²) in [4.78, 5) is 11.5. The van der Waals surface area contributed by atoms with E-state index in [9.17, 15) is 13.2 Å². The van der Waals surface area contributed by atoms with E-state index in [1.165, 1.54) is 11.4 Å². The van der Waals surface area contributed by atoms with E-state index in [0.717, 1.165) is 11.3 Å². The van der Waals surface area contributed by atoms with Crippen molar-refractivity contribution in [3.8, 4) is 0 Å². The van der Waals surface area contributed by atoms with Gasteiger partial charge in [0.1, 0.15) is 4.90 Å². The van der Waals surface area contributed by atoms with Crippen LogP contribution in [-0.4, -0.2) is 24.1 Å². The summed E-state index contributed by atoms with van der Waals surface area (Å²) >= 11 is 1.09. The summed E-state index contributed by atoms with van der Waals surface area (Å²) in [5.74, 6) is -0.586. The maximum atomic E-state index is 12.5. The third-order valence-corrected chi connectivity index (χ3v) is 5.56. The van der Waals surface area contributed by atoms with Crippen molar-refractivity contribution in [3.05, 3.63) is 27.7 Å². The quantitative estimate of drug-likeness (QED) is 0.866. The second kappa shape index (κ2) is 5.49. The van der Waals surface area contributed by atoms with Crippen LogP contribution in [0.3, 0.4) is 0 Å². The molecule has 0 aromatic carbocycles. The Hall–Kier alpha value is -1.87. The predicted molar refractivity (Wildman–Crippen MR) is 81.0 cm³/mol. The molecule has 2 aromatic heterocycles. The summed E-state index contributed by atoms with van der Waals surface area (Å²) in [5.41, 5.74) is 6.48. The summed E-state index contributed by atoms with van der Waals surface area (Å²) in [6, 6.07) is 1.42. The van der Waals surface area contributed by atoms with Gasteiger partial charge in [0.15, 0.2) is 0 Å². The van der Waals surface area contributed by atoms with E-state index in [4.69, 9.17) is 5.73 Å². The van der Waals surface area contributed by atoms with Crippen molar-refractivity contribution in [2.45, 2.75) is 32.2 Å². The Balaban J connectivity index is 2.38. The third-order valence-electron chi connectivity index (χ3n) is 2.98. The van der Waals surface area contributed by atoms with E-state index in [1.54, 1.807) is 18.5 Å². The van der Waals surface area contributed by atoms with E-state index in [-0.39, 0.29) is 4.90 Å². The van der Waals surface area contributed by atoms with Gasteiger partial charge in [-0.05, 0) is 26.8 Å². The average molecular weight is 328 g/mol. The van der Waals surface area contributed by atoms with E-state index in [1.807, 2.05) is 6.92 Å². The lowest BCUT2D eigenvalue weighted by molar-refractivity contribution is 0.100. The zero-order chi connectivity index (χ0) is 15.8. The number of aryl methyl sites for hydroxylation is 2. The minimum absolute atomic E-state index is 0.163. The first kappa shape index (κ1) is 15.5. The SMILES string of the molecule is CCn1nc(C)c(S(=O)(=O)Nc2csc(C(N)=O)c2)c1C. The van der Waals surface area contributed by atoms with Gasteiger partial charge in [0.05, 0.1) is 22.0 Å². The Morgan fingerprint density at radius 2 is 2.14 bits per heavy atom. The van der Waals surface area contributed by atoms with E-state index in [0.29, 0.717) is 28.5 Å². The molecule has 0 radical (unpaired) electrons. The lowest BCUT2D eigenvalue weighted by atomic mass is 10.4. The first-order chi connectivity index (χ1) is 9.76. The molecular formula is C12H16N4O3S2. The van der Waals surface area contributed by atoms with Gasteiger partial charge in [0, 0.05) is 11.9 Å². The van der Waals surface area contributed by atoms with Crippen molar-refractivity contribution < 1.29 is 13.2 Å². The van der Waals surface area contributed by atoms with Gasteiger partial charge in [-0.15, -0.1) is 11.3 Å². The molecule has 9 heteroatoms. The molecule has 7 nitrogen and oxygen atoms in total. The number of hydrogen-bond acceptors (Lipinski definition) is 5. The zero-order valence-corrected chi connectivity index (χ0v) is 13.5. The fraction of sp³-hybridized carbons (Fsp3) is 0.333. The topological polar surface area (TPSA) is 107 Å². The van der Waals surface area contributed by atoms with Crippen LogP contribution in [0.2, 0.25) is 0 Å². The number of primary amides is 1. The van der Waals surface area contributed by atoms with Crippen LogP contribution in [0.25, 0.3) is 0 Å². The molecule has 0 bridgehead atoms. The van der Waals surface area contributed by atoms with E-state index in [2.05, 4.69) is 9.82 Å². The lowest BCUT2D eigenvalue weighted by Gasteiger charge is -2.06. The maximum absolute atomic E-state index is 12.5. The zero-order valence-electron chi connectivity index (χ0n) is 11.9. The smallest absolute Gasteiger partial charge is 0.265 e. The standard InChI is InChI=1S/C12H16N4O3S2/c1-4-16-8(3)11(7(2)14-16)21(18,19)15-9-5-10(12(13)17)20-6-9/h5-6,15H,4H2,1-3H3,(H2,13,17). The highest BCUT2D eigenvalue weighted by Crippen LogP contribution is 2.25. The Morgan fingerprint density at radius 3 is 2.62 bits per heavy atom. The molecule has 0 saturated heterocycles. The first-order valence-electron chi connectivity index (χ1n) is 6.21. The van der Waals surface area contributed by atoms with Crippen molar-refractivity contribution >= 4 is 33.0 Å². The number of nitrogens with zero attached hydrogens (tertiary/aromatic N) is 2. The molecule has 0 unspecified atom stereocenters. The van der Waals surface area contributed by atoms with Crippen molar-refractivity contribution in [1.29, 1.82) is 0 Å². The maximum Gasteiger partial charge on any atom is 0.265 e. The molecule has 0 spiro atoms.